The van der Waals surface area contributed by atoms with Crippen LogP contribution in [-0.4, -0.2) is 49.4 Å². The molecule has 0 radical (unpaired) electrons. The largest absolute Gasteiger partial charge is 0.479 e. The topological polar surface area (TPSA) is 49.9 Å². The van der Waals surface area contributed by atoms with Crippen LogP contribution in [0.1, 0.15) is 30.1 Å². The number of carbonyl (C=O) groups excluding carboxylic acids is 2. The number of fused-ring (bicyclic) bond motifs is 1. The van der Waals surface area contributed by atoms with Crippen LogP contribution in [0.25, 0.3) is 0 Å². The normalized spacial score (nSPS) is 22.0. The van der Waals surface area contributed by atoms with Crippen molar-refractivity contribution in [2.24, 2.45) is 0 Å². The van der Waals surface area contributed by atoms with Crippen molar-refractivity contribution in [3.8, 4) is 5.75 Å². The van der Waals surface area contributed by atoms with E-state index >= 15 is 0 Å². The van der Waals surface area contributed by atoms with Crippen LogP contribution in [0.3, 0.4) is 0 Å². The van der Waals surface area contributed by atoms with E-state index in [2.05, 4.69) is 4.90 Å². The van der Waals surface area contributed by atoms with Crippen molar-refractivity contribution in [3.05, 3.63) is 23.8 Å². The summed E-state index contributed by atoms with van der Waals surface area (Å²) in [5.41, 5.74) is 1.27. The maximum atomic E-state index is 12.4. The molecule has 0 aliphatic carbocycles. The van der Waals surface area contributed by atoms with E-state index in [4.69, 9.17) is 4.74 Å². The van der Waals surface area contributed by atoms with E-state index in [0.717, 1.165) is 25.9 Å². The molecule has 1 unspecified atom stereocenters. The molecule has 1 fully saturated rings. The highest BCUT2D eigenvalue weighted by Gasteiger charge is 2.31. The minimum Gasteiger partial charge on any atom is -0.479 e. The second-order valence-corrected chi connectivity index (χ2v) is 5.64. The Kier molecular flexibility index (Phi) is 3.92. The molecule has 0 saturated carbocycles. The van der Waals surface area contributed by atoms with Crippen LogP contribution in [0, 0.1) is 0 Å². The second-order valence-electron chi connectivity index (χ2n) is 5.64. The molecule has 112 valence electrons. The predicted molar refractivity (Wildman–Crippen MR) is 79.9 cm³/mol. The molecular formula is C16H20N2O3. The van der Waals surface area contributed by atoms with Gasteiger partial charge in [-0.15, -0.1) is 0 Å². The zero-order valence-corrected chi connectivity index (χ0v) is 12.2. The average molecular weight is 288 g/mol. The molecule has 5 heteroatoms. The Bertz CT molecular complexity index is 552. The number of nitrogens with zero attached hydrogens (tertiary/aromatic N) is 2. The first-order valence-corrected chi connectivity index (χ1v) is 7.48. The third-order valence-corrected chi connectivity index (χ3v) is 4.17. The second kappa shape index (κ2) is 5.85. The number of hydrogen-bond donors (Lipinski definition) is 0. The molecular weight excluding hydrogens is 268 g/mol. The zero-order valence-electron chi connectivity index (χ0n) is 12.2. The smallest absolute Gasteiger partial charge is 0.267 e. The van der Waals surface area contributed by atoms with Crippen molar-refractivity contribution in [2.75, 3.05) is 31.1 Å². The molecule has 1 amide bonds. The van der Waals surface area contributed by atoms with Gasteiger partial charge in [-0.1, -0.05) is 0 Å². The van der Waals surface area contributed by atoms with Crippen molar-refractivity contribution in [1.82, 2.24) is 4.90 Å². The number of likely N-dealkylation sites (tertiary alicyclic amines) is 1. The maximum absolute atomic E-state index is 12.4. The Hall–Kier alpha value is -1.88. The third-order valence-electron chi connectivity index (χ3n) is 4.17. The molecule has 1 aromatic rings. The Labute approximate surface area is 124 Å². The molecule has 1 saturated heterocycles. The number of rotatable bonds is 4. The summed E-state index contributed by atoms with van der Waals surface area (Å²) in [5.74, 6) is 0.638. The summed E-state index contributed by atoms with van der Waals surface area (Å²) in [7, 11) is 0. The van der Waals surface area contributed by atoms with Crippen molar-refractivity contribution >= 4 is 17.9 Å². The minimum absolute atomic E-state index is 0.0373. The first kappa shape index (κ1) is 14.1. The lowest BCUT2D eigenvalue weighted by Crippen LogP contribution is -2.47. The number of aldehydes is 1. The zero-order chi connectivity index (χ0) is 14.8. The van der Waals surface area contributed by atoms with Gasteiger partial charge in [0.05, 0.1) is 5.69 Å². The van der Waals surface area contributed by atoms with Gasteiger partial charge in [-0.25, -0.2) is 0 Å². The summed E-state index contributed by atoms with van der Waals surface area (Å²) in [5, 5.41) is 0. The molecule has 2 heterocycles. The summed E-state index contributed by atoms with van der Waals surface area (Å²) in [4.78, 5) is 27.5. The van der Waals surface area contributed by atoms with Gasteiger partial charge < -0.3 is 14.5 Å². The van der Waals surface area contributed by atoms with Crippen LogP contribution in [0.15, 0.2) is 18.2 Å². The number of benzene rings is 1. The van der Waals surface area contributed by atoms with Gasteiger partial charge in [-0.2, -0.15) is 0 Å². The average Bonchev–Trinajstić information content (AvgIpc) is 3.01. The molecule has 1 aromatic carbocycles. The number of anilines is 1. The third kappa shape index (κ3) is 2.78. The molecule has 0 aromatic heterocycles. The fraction of sp³-hybridized carbons (Fsp3) is 0.500. The lowest BCUT2D eigenvalue weighted by molar-refractivity contribution is -0.125. The van der Waals surface area contributed by atoms with E-state index in [1.807, 2.05) is 0 Å². The van der Waals surface area contributed by atoms with Gasteiger partial charge in [0.2, 0.25) is 0 Å². The fourth-order valence-electron chi connectivity index (χ4n) is 2.98. The number of amides is 1. The molecule has 1 atom stereocenters. The van der Waals surface area contributed by atoms with E-state index in [-0.39, 0.29) is 5.91 Å². The van der Waals surface area contributed by atoms with E-state index in [1.54, 1.807) is 30.0 Å². The van der Waals surface area contributed by atoms with E-state index < -0.39 is 6.10 Å². The molecule has 0 spiro atoms. The first-order valence-electron chi connectivity index (χ1n) is 7.48. The molecule has 5 nitrogen and oxygen atoms in total. The molecule has 2 aliphatic heterocycles. The van der Waals surface area contributed by atoms with E-state index in [0.29, 0.717) is 23.5 Å². The lowest BCUT2D eigenvalue weighted by atomic mass is 10.1. The maximum Gasteiger partial charge on any atom is 0.267 e. The van der Waals surface area contributed by atoms with Crippen molar-refractivity contribution in [1.29, 1.82) is 0 Å². The van der Waals surface area contributed by atoms with Crippen LogP contribution in [0.2, 0.25) is 0 Å². The Morgan fingerprint density at radius 3 is 2.76 bits per heavy atom. The molecule has 0 N–H and O–H groups in total. The minimum atomic E-state index is -0.474. The van der Waals surface area contributed by atoms with Crippen molar-refractivity contribution < 1.29 is 14.3 Å². The molecule has 2 aliphatic rings. The standard InChI is InChI=1S/C16H20N2O3/c1-12-16(20)18(9-8-17-6-2-3-7-17)14-10-13(11-19)4-5-15(14)21-12/h4-5,10-12H,2-3,6-9H2,1H3. The Balaban J connectivity index is 1.83. The summed E-state index contributed by atoms with van der Waals surface area (Å²) < 4.78 is 5.62. The molecule has 3 rings (SSSR count). The fourth-order valence-corrected chi connectivity index (χ4v) is 2.98. The van der Waals surface area contributed by atoms with Crippen molar-refractivity contribution in [3.63, 3.8) is 0 Å². The van der Waals surface area contributed by atoms with E-state index in [9.17, 15) is 9.59 Å². The van der Waals surface area contributed by atoms with Crippen LogP contribution >= 0.6 is 0 Å². The summed E-state index contributed by atoms with van der Waals surface area (Å²) >= 11 is 0. The molecule has 0 bridgehead atoms. The van der Waals surface area contributed by atoms with Crippen LogP contribution < -0.4 is 9.64 Å². The summed E-state index contributed by atoms with van der Waals surface area (Å²) in [6.45, 7) is 5.48. The van der Waals surface area contributed by atoms with Gasteiger partial charge in [0.25, 0.3) is 5.91 Å². The first-order chi connectivity index (χ1) is 10.2. The summed E-state index contributed by atoms with van der Waals surface area (Å²) in [6.07, 6.45) is 2.79. The monoisotopic (exact) mass is 288 g/mol. The SMILES string of the molecule is CC1Oc2ccc(C=O)cc2N(CCN2CCCC2)C1=O. The number of hydrogen-bond acceptors (Lipinski definition) is 4. The van der Waals surface area contributed by atoms with Gasteiger partial charge >= 0.3 is 0 Å². The van der Waals surface area contributed by atoms with Crippen LogP contribution in [-0.2, 0) is 4.79 Å². The quantitative estimate of drug-likeness (QED) is 0.791. The highest BCUT2D eigenvalue weighted by molar-refractivity contribution is 6.00. The van der Waals surface area contributed by atoms with Gasteiger partial charge in [0, 0.05) is 18.7 Å². The Morgan fingerprint density at radius 1 is 1.29 bits per heavy atom. The Morgan fingerprint density at radius 2 is 2.05 bits per heavy atom. The number of carbonyl (C=O) groups is 2. The predicted octanol–water partition coefficient (Wildman–Crippen LogP) is 1.71. The van der Waals surface area contributed by atoms with Crippen LogP contribution in [0.4, 0.5) is 5.69 Å². The van der Waals surface area contributed by atoms with Gasteiger partial charge in [0.15, 0.2) is 6.10 Å². The van der Waals surface area contributed by atoms with Gasteiger partial charge in [0.1, 0.15) is 12.0 Å². The van der Waals surface area contributed by atoms with Gasteiger partial charge in [-0.05, 0) is 51.1 Å². The molecule has 21 heavy (non-hydrogen) atoms. The highest BCUT2D eigenvalue weighted by atomic mass is 16.5. The summed E-state index contributed by atoms with van der Waals surface area (Å²) in [6, 6.07) is 5.22. The van der Waals surface area contributed by atoms with Gasteiger partial charge in [-0.3, -0.25) is 9.59 Å². The van der Waals surface area contributed by atoms with Crippen LogP contribution in [0.5, 0.6) is 5.75 Å². The number of ether oxygens (including phenoxy) is 1. The van der Waals surface area contributed by atoms with E-state index in [1.165, 1.54) is 12.8 Å². The van der Waals surface area contributed by atoms with Crippen molar-refractivity contribution in [2.45, 2.75) is 25.9 Å². The lowest BCUT2D eigenvalue weighted by Gasteiger charge is -2.34. The highest BCUT2D eigenvalue weighted by Crippen LogP contribution is 2.34.